The van der Waals surface area contributed by atoms with E-state index in [4.69, 9.17) is 9.72 Å². The Hall–Kier alpha value is -3.35. The third-order valence-electron chi connectivity index (χ3n) is 6.38. The number of nitrogens with one attached hydrogen (secondary N) is 1. The number of carbonyl (C=O) groups is 2. The van der Waals surface area contributed by atoms with Crippen LogP contribution in [0.4, 0.5) is 4.79 Å². The molecule has 3 heterocycles. The number of fused-ring (bicyclic) bond motifs is 1. The number of nitrogens with zero attached hydrogens (tertiary/aromatic N) is 3. The first-order valence-electron chi connectivity index (χ1n) is 11.6. The Morgan fingerprint density at radius 3 is 2.55 bits per heavy atom. The van der Waals surface area contributed by atoms with Gasteiger partial charge in [0.2, 0.25) is 5.91 Å². The molecule has 33 heavy (non-hydrogen) atoms. The van der Waals surface area contributed by atoms with Gasteiger partial charge in [-0.2, -0.15) is 0 Å². The number of amides is 2. The average Bonchev–Trinajstić information content (AvgIpc) is 3.13. The third-order valence-corrected chi connectivity index (χ3v) is 6.38. The van der Waals surface area contributed by atoms with E-state index in [9.17, 15) is 9.59 Å². The fourth-order valence-electron chi connectivity index (χ4n) is 4.34. The Balaban J connectivity index is 1.52. The molecule has 1 N–H and O–H groups in total. The molecule has 7 nitrogen and oxygen atoms in total. The standard InChI is InChI=1S/C26H32N4O3/c1-5-33-26(32)29-11-9-21(10-12-29)27-24(31)16-22-25(20-7-6-18(3)19(4)15-20)28-23-14-17(2)8-13-30(22)23/h6-8,13-15,21H,5,9-12,16H2,1-4H3,(H,27,31). The number of hydrogen-bond donors (Lipinski definition) is 1. The highest BCUT2D eigenvalue weighted by Crippen LogP contribution is 2.27. The van der Waals surface area contributed by atoms with Gasteiger partial charge in [0.05, 0.1) is 24.4 Å². The van der Waals surface area contributed by atoms with E-state index in [2.05, 4.69) is 37.4 Å². The molecular weight excluding hydrogens is 416 g/mol. The Morgan fingerprint density at radius 1 is 1.09 bits per heavy atom. The Bertz CT molecular complexity index is 1180. The maximum atomic E-state index is 13.1. The highest BCUT2D eigenvalue weighted by atomic mass is 16.6. The van der Waals surface area contributed by atoms with E-state index in [-0.39, 0.29) is 24.5 Å². The average molecular weight is 449 g/mol. The lowest BCUT2D eigenvalue weighted by atomic mass is 10.0. The van der Waals surface area contributed by atoms with Crippen LogP contribution in [-0.4, -0.2) is 52.0 Å². The Morgan fingerprint density at radius 2 is 1.85 bits per heavy atom. The van der Waals surface area contributed by atoms with Gasteiger partial charge in [0, 0.05) is 30.9 Å². The second kappa shape index (κ2) is 9.65. The van der Waals surface area contributed by atoms with Crippen molar-refractivity contribution < 1.29 is 14.3 Å². The summed E-state index contributed by atoms with van der Waals surface area (Å²) in [5.41, 5.74) is 7.14. The number of benzene rings is 1. The Kier molecular flexibility index (Phi) is 6.67. The molecule has 3 aromatic rings. The first-order chi connectivity index (χ1) is 15.9. The van der Waals surface area contributed by atoms with Gasteiger partial charge in [-0.3, -0.25) is 4.79 Å². The fourth-order valence-corrected chi connectivity index (χ4v) is 4.34. The van der Waals surface area contributed by atoms with Crippen molar-refractivity contribution >= 4 is 17.6 Å². The number of piperidine rings is 1. The zero-order valence-corrected chi connectivity index (χ0v) is 19.9. The van der Waals surface area contributed by atoms with Crippen LogP contribution in [0.5, 0.6) is 0 Å². The zero-order valence-electron chi connectivity index (χ0n) is 19.9. The minimum Gasteiger partial charge on any atom is -0.450 e. The molecule has 4 rings (SSSR count). The minimum absolute atomic E-state index is 0.0305. The van der Waals surface area contributed by atoms with Gasteiger partial charge in [-0.15, -0.1) is 0 Å². The maximum absolute atomic E-state index is 13.1. The van der Waals surface area contributed by atoms with E-state index in [0.717, 1.165) is 41.0 Å². The molecule has 2 amide bonds. The van der Waals surface area contributed by atoms with Crippen molar-refractivity contribution in [3.05, 3.63) is 58.9 Å². The van der Waals surface area contributed by atoms with Gasteiger partial charge < -0.3 is 19.4 Å². The van der Waals surface area contributed by atoms with Crippen LogP contribution >= 0.6 is 0 Å². The summed E-state index contributed by atoms with van der Waals surface area (Å²) >= 11 is 0. The smallest absolute Gasteiger partial charge is 0.409 e. The number of hydrogen-bond acceptors (Lipinski definition) is 4. The first kappa shape index (κ1) is 22.8. The maximum Gasteiger partial charge on any atom is 0.409 e. The van der Waals surface area contributed by atoms with E-state index < -0.39 is 0 Å². The number of imidazole rings is 1. The second-order valence-electron chi connectivity index (χ2n) is 8.84. The van der Waals surface area contributed by atoms with Crippen LogP contribution < -0.4 is 5.32 Å². The van der Waals surface area contributed by atoms with Crippen LogP contribution in [0.3, 0.4) is 0 Å². The van der Waals surface area contributed by atoms with Crippen molar-refractivity contribution in [1.82, 2.24) is 19.6 Å². The van der Waals surface area contributed by atoms with Crippen LogP contribution in [0.15, 0.2) is 36.5 Å². The van der Waals surface area contributed by atoms with Gasteiger partial charge in [-0.25, -0.2) is 9.78 Å². The predicted molar refractivity (Wildman–Crippen MR) is 128 cm³/mol. The lowest BCUT2D eigenvalue weighted by Crippen LogP contribution is -2.47. The van der Waals surface area contributed by atoms with Crippen molar-refractivity contribution in [2.24, 2.45) is 0 Å². The highest BCUT2D eigenvalue weighted by molar-refractivity contribution is 5.82. The molecule has 2 aromatic heterocycles. The van der Waals surface area contributed by atoms with E-state index in [0.29, 0.717) is 19.7 Å². The third kappa shape index (κ3) is 5.02. The molecule has 7 heteroatoms. The largest absolute Gasteiger partial charge is 0.450 e. The highest BCUT2D eigenvalue weighted by Gasteiger charge is 2.25. The number of aromatic nitrogens is 2. The summed E-state index contributed by atoms with van der Waals surface area (Å²) in [6, 6.07) is 10.4. The van der Waals surface area contributed by atoms with Crippen LogP contribution in [0.2, 0.25) is 0 Å². The molecule has 1 fully saturated rings. The monoisotopic (exact) mass is 448 g/mol. The van der Waals surface area contributed by atoms with Crippen LogP contribution in [-0.2, 0) is 16.0 Å². The first-order valence-corrected chi connectivity index (χ1v) is 11.6. The lowest BCUT2D eigenvalue weighted by molar-refractivity contribution is -0.121. The summed E-state index contributed by atoms with van der Waals surface area (Å²) in [5.74, 6) is -0.0305. The van der Waals surface area contributed by atoms with Gasteiger partial charge in [0.15, 0.2) is 0 Å². The molecule has 0 radical (unpaired) electrons. The molecule has 1 aliphatic heterocycles. The molecule has 0 aliphatic carbocycles. The van der Waals surface area contributed by atoms with Gasteiger partial charge in [0.1, 0.15) is 5.65 Å². The lowest BCUT2D eigenvalue weighted by Gasteiger charge is -2.31. The van der Waals surface area contributed by atoms with Crippen molar-refractivity contribution in [3.8, 4) is 11.3 Å². The minimum atomic E-state index is -0.277. The zero-order chi connectivity index (χ0) is 23.5. The number of rotatable bonds is 5. The normalized spacial score (nSPS) is 14.5. The topological polar surface area (TPSA) is 75.9 Å². The van der Waals surface area contributed by atoms with Crippen molar-refractivity contribution in [2.45, 2.75) is 53.0 Å². The fraction of sp³-hybridized carbons (Fsp3) is 0.423. The van der Waals surface area contributed by atoms with Crippen molar-refractivity contribution in [3.63, 3.8) is 0 Å². The molecule has 0 spiro atoms. The van der Waals surface area contributed by atoms with Crippen LogP contribution in [0, 0.1) is 20.8 Å². The molecule has 1 aliphatic rings. The van der Waals surface area contributed by atoms with Crippen molar-refractivity contribution in [2.75, 3.05) is 19.7 Å². The van der Waals surface area contributed by atoms with Gasteiger partial charge >= 0.3 is 6.09 Å². The SMILES string of the molecule is CCOC(=O)N1CCC(NC(=O)Cc2c(-c3ccc(C)c(C)c3)nc3cc(C)ccn23)CC1. The van der Waals surface area contributed by atoms with Crippen LogP contribution in [0.1, 0.15) is 42.1 Å². The Labute approximate surface area is 194 Å². The summed E-state index contributed by atoms with van der Waals surface area (Å²) in [4.78, 5) is 31.6. The summed E-state index contributed by atoms with van der Waals surface area (Å²) < 4.78 is 7.09. The molecule has 0 bridgehead atoms. The summed E-state index contributed by atoms with van der Waals surface area (Å²) in [7, 11) is 0. The molecule has 0 unspecified atom stereocenters. The molecular formula is C26H32N4O3. The number of pyridine rings is 1. The second-order valence-corrected chi connectivity index (χ2v) is 8.84. The summed E-state index contributed by atoms with van der Waals surface area (Å²) in [6.07, 6.45) is 3.40. The molecule has 1 aromatic carbocycles. The van der Waals surface area contributed by atoms with Gasteiger partial charge in [0.25, 0.3) is 0 Å². The van der Waals surface area contributed by atoms with Gasteiger partial charge in [-0.05, 0) is 75.4 Å². The molecule has 1 saturated heterocycles. The van der Waals surface area contributed by atoms with Crippen LogP contribution in [0.25, 0.3) is 16.9 Å². The van der Waals surface area contributed by atoms with E-state index >= 15 is 0 Å². The molecule has 0 atom stereocenters. The summed E-state index contributed by atoms with van der Waals surface area (Å²) in [6.45, 7) is 9.58. The summed E-state index contributed by atoms with van der Waals surface area (Å²) in [5, 5.41) is 3.17. The van der Waals surface area contributed by atoms with Crippen molar-refractivity contribution in [1.29, 1.82) is 0 Å². The van der Waals surface area contributed by atoms with E-state index in [1.54, 1.807) is 11.8 Å². The molecule has 174 valence electrons. The number of likely N-dealkylation sites (tertiary alicyclic amines) is 1. The van der Waals surface area contributed by atoms with Gasteiger partial charge in [-0.1, -0.05) is 12.1 Å². The number of aryl methyl sites for hydroxylation is 3. The number of ether oxygens (including phenoxy) is 1. The number of carbonyl (C=O) groups excluding carboxylic acids is 2. The molecule has 0 saturated carbocycles. The quantitative estimate of drug-likeness (QED) is 0.635. The predicted octanol–water partition coefficient (Wildman–Crippen LogP) is 4.21. The van der Waals surface area contributed by atoms with E-state index in [1.807, 2.05) is 29.7 Å². The van der Waals surface area contributed by atoms with E-state index in [1.165, 1.54) is 11.1 Å².